The summed E-state index contributed by atoms with van der Waals surface area (Å²) in [7, 11) is 2.19. The highest BCUT2D eigenvalue weighted by Crippen LogP contribution is 2.25. The molecule has 0 aliphatic heterocycles. The maximum atomic E-state index is 10.6. The fourth-order valence-electron chi connectivity index (χ4n) is 2.84. The van der Waals surface area contributed by atoms with Crippen LogP contribution >= 0.6 is 11.3 Å². The molecule has 0 spiro atoms. The number of carboxylic acid groups (broad SMARTS) is 1. The van der Waals surface area contributed by atoms with Gasteiger partial charge in [0.05, 0.1) is 0 Å². The van der Waals surface area contributed by atoms with Gasteiger partial charge in [0, 0.05) is 23.5 Å². The summed E-state index contributed by atoms with van der Waals surface area (Å²) < 4.78 is 0. The van der Waals surface area contributed by atoms with Gasteiger partial charge in [0.15, 0.2) is 0 Å². The Morgan fingerprint density at radius 2 is 2.10 bits per heavy atom. The Morgan fingerprint density at radius 3 is 2.75 bits per heavy atom. The molecule has 1 aromatic heterocycles. The molecule has 3 nitrogen and oxygen atoms in total. The van der Waals surface area contributed by atoms with E-state index in [-0.39, 0.29) is 0 Å². The van der Waals surface area contributed by atoms with Crippen molar-refractivity contribution >= 4 is 23.4 Å². The summed E-state index contributed by atoms with van der Waals surface area (Å²) in [5, 5.41) is 10.8. The van der Waals surface area contributed by atoms with E-state index in [4.69, 9.17) is 5.11 Å². The Labute approximate surface area is 124 Å². The third-order valence-electron chi connectivity index (χ3n) is 4.03. The molecule has 0 unspecified atom stereocenters. The Hall–Kier alpha value is -1.13. The van der Waals surface area contributed by atoms with E-state index in [0.29, 0.717) is 6.04 Å². The molecule has 1 aliphatic rings. The van der Waals surface area contributed by atoms with E-state index >= 15 is 0 Å². The Kier molecular flexibility index (Phi) is 5.80. The van der Waals surface area contributed by atoms with Gasteiger partial charge in [-0.05, 0) is 43.0 Å². The normalized spacial score (nSPS) is 17.7. The number of rotatable bonds is 5. The Balaban J connectivity index is 1.98. The standard InChI is InChI=1S/C16H23NO2S/c1-17(14-6-4-2-3-5-7-14)12-15-13(10-11-20-15)8-9-16(18)19/h8-11,14H,2-7,12H2,1H3,(H,18,19). The lowest BCUT2D eigenvalue weighted by Gasteiger charge is -2.26. The zero-order chi connectivity index (χ0) is 14.4. The van der Waals surface area contributed by atoms with Crippen molar-refractivity contribution in [3.05, 3.63) is 28.0 Å². The van der Waals surface area contributed by atoms with Gasteiger partial charge >= 0.3 is 5.97 Å². The minimum atomic E-state index is -0.890. The van der Waals surface area contributed by atoms with Crippen molar-refractivity contribution in [2.45, 2.75) is 51.1 Å². The maximum Gasteiger partial charge on any atom is 0.328 e. The number of aliphatic carboxylic acids is 1. The first-order valence-corrected chi connectivity index (χ1v) is 8.22. The molecule has 20 heavy (non-hydrogen) atoms. The minimum Gasteiger partial charge on any atom is -0.478 e. The molecule has 0 aromatic carbocycles. The third-order valence-corrected chi connectivity index (χ3v) is 4.95. The van der Waals surface area contributed by atoms with Gasteiger partial charge in [0.25, 0.3) is 0 Å². The molecule has 1 N–H and O–H groups in total. The van der Waals surface area contributed by atoms with E-state index in [1.54, 1.807) is 17.4 Å². The summed E-state index contributed by atoms with van der Waals surface area (Å²) >= 11 is 1.71. The van der Waals surface area contributed by atoms with Crippen molar-refractivity contribution in [2.24, 2.45) is 0 Å². The van der Waals surface area contributed by atoms with Crippen LogP contribution in [0.4, 0.5) is 0 Å². The molecule has 0 radical (unpaired) electrons. The minimum absolute atomic E-state index is 0.677. The number of carboxylic acids is 1. The number of carbonyl (C=O) groups is 1. The van der Waals surface area contributed by atoms with Gasteiger partial charge in [0.1, 0.15) is 0 Å². The number of hydrogen-bond donors (Lipinski definition) is 1. The smallest absolute Gasteiger partial charge is 0.328 e. The molecule has 0 atom stereocenters. The molecule has 1 heterocycles. The van der Waals surface area contributed by atoms with E-state index in [0.717, 1.165) is 12.1 Å². The Morgan fingerprint density at radius 1 is 1.40 bits per heavy atom. The quantitative estimate of drug-likeness (QED) is 0.659. The van der Waals surface area contributed by atoms with Gasteiger partial charge in [-0.3, -0.25) is 4.90 Å². The molecule has 0 amide bonds. The average molecular weight is 293 g/mol. The average Bonchev–Trinajstić information content (AvgIpc) is 2.68. The van der Waals surface area contributed by atoms with E-state index in [2.05, 4.69) is 11.9 Å². The van der Waals surface area contributed by atoms with Crippen LogP contribution in [0.3, 0.4) is 0 Å². The predicted molar refractivity (Wildman–Crippen MR) is 83.9 cm³/mol. The fraction of sp³-hybridized carbons (Fsp3) is 0.562. The second-order valence-electron chi connectivity index (χ2n) is 5.53. The molecule has 4 heteroatoms. The lowest BCUT2D eigenvalue weighted by molar-refractivity contribution is -0.131. The highest BCUT2D eigenvalue weighted by molar-refractivity contribution is 7.10. The molecule has 1 fully saturated rings. The fourth-order valence-corrected chi connectivity index (χ4v) is 3.77. The zero-order valence-electron chi connectivity index (χ0n) is 12.0. The Bertz CT molecular complexity index is 459. The molecule has 1 aliphatic carbocycles. The lowest BCUT2D eigenvalue weighted by atomic mass is 10.1. The van der Waals surface area contributed by atoms with Crippen molar-refractivity contribution in [1.82, 2.24) is 4.90 Å². The molecule has 1 saturated carbocycles. The molecular weight excluding hydrogens is 270 g/mol. The number of thiophene rings is 1. The SMILES string of the molecule is CN(Cc1sccc1C=CC(=O)O)C1CCCCCC1. The van der Waals surface area contributed by atoms with Crippen LogP contribution in [0.5, 0.6) is 0 Å². The van der Waals surface area contributed by atoms with Crippen molar-refractivity contribution < 1.29 is 9.90 Å². The summed E-state index contributed by atoms with van der Waals surface area (Å²) in [6, 6.07) is 2.68. The molecular formula is C16H23NO2S. The van der Waals surface area contributed by atoms with Gasteiger partial charge in [-0.2, -0.15) is 0 Å². The van der Waals surface area contributed by atoms with E-state index < -0.39 is 5.97 Å². The summed E-state index contributed by atoms with van der Waals surface area (Å²) in [5.41, 5.74) is 1.04. The highest BCUT2D eigenvalue weighted by Gasteiger charge is 2.18. The molecule has 0 saturated heterocycles. The molecule has 1 aromatic rings. The molecule has 2 rings (SSSR count). The van der Waals surface area contributed by atoms with Crippen LogP contribution in [-0.4, -0.2) is 29.1 Å². The van der Waals surface area contributed by atoms with Gasteiger partial charge in [0.2, 0.25) is 0 Å². The molecule has 0 bridgehead atoms. The first kappa shape index (κ1) is 15.3. The van der Waals surface area contributed by atoms with Crippen LogP contribution in [0.15, 0.2) is 17.5 Å². The third kappa shape index (κ3) is 4.46. The highest BCUT2D eigenvalue weighted by atomic mass is 32.1. The van der Waals surface area contributed by atoms with E-state index in [1.807, 2.05) is 11.4 Å². The van der Waals surface area contributed by atoms with Crippen LogP contribution in [0.1, 0.15) is 49.0 Å². The summed E-state index contributed by atoms with van der Waals surface area (Å²) in [6.07, 6.45) is 10.9. The van der Waals surface area contributed by atoms with Gasteiger partial charge in [-0.15, -0.1) is 11.3 Å². The second kappa shape index (κ2) is 7.60. The second-order valence-corrected chi connectivity index (χ2v) is 6.53. The predicted octanol–water partition coefficient (Wildman–Crippen LogP) is 4.00. The number of hydrogen-bond acceptors (Lipinski definition) is 3. The van der Waals surface area contributed by atoms with Crippen LogP contribution in [0.2, 0.25) is 0 Å². The summed E-state index contributed by atoms with van der Waals surface area (Å²) in [6.45, 7) is 0.918. The van der Waals surface area contributed by atoms with Crippen molar-refractivity contribution in [2.75, 3.05) is 7.05 Å². The first-order valence-electron chi connectivity index (χ1n) is 7.34. The van der Waals surface area contributed by atoms with Gasteiger partial charge in [-0.1, -0.05) is 25.7 Å². The zero-order valence-corrected chi connectivity index (χ0v) is 12.9. The van der Waals surface area contributed by atoms with Crippen LogP contribution in [0, 0.1) is 0 Å². The topological polar surface area (TPSA) is 40.5 Å². The first-order chi connectivity index (χ1) is 9.66. The monoisotopic (exact) mass is 293 g/mol. The van der Waals surface area contributed by atoms with E-state index in [9.17, 15) is 4.79 Å². The van der Waals surface area contributed by atoms with Crippen molar-refractivity contribution in [1.29, 1.82) is 0 Å². The van der Waals surface area contributed by atoms with Gasteiger partial charge in [-0.25, -0.2) is 4.79 Å². The van der Waals surface area contributed by atoms with Crippen LogP contribution in [0.25, 0.3) is 6.08 Å². The van der Waals surface area contributed by atoms with Crippen molar-refractivity contribution in [3.63, 3.8) is 0 Å². The van der Waals surface area contributed by atoms with Crippen LogP contribution in [-0.2, 0) is 11.3 Å². The van der Waals surface area contributed by atoms with Gasteiger partial charge < -0.3 is 5.11 Å². The maximum absolute atomic E-state index is 10.6. The lowest BCUT2D eigenvalue weighted by Crippen LogP contribution is -2.30. The number of nitrogens with zero attached hydrogens (tertiary/aromatic N) is 1. The summed E-state index contributed by atoms with van der Waals surface area (Å²) in [4.78, 5) is 14.3. The van der Waals surface area contributed by atoms with E-state index in [1.165, 1.54) is 49.5 Å². The van der Waals surface area contributed by atoms with Crippen molar-refractivity contribution in [3.8, 4) is 0 Å². The van der Waals surface area contributed by atoms with Crippen LogP contribution < -0.4 is 0 Å². The largest absolute Gasteiger partial charge is 0.478 e. The molecule has 110 valence electrons. The summed E-state index contributed by atoms with van der Waals surface area (Å²) in [5.74, 6) is -0.890.